The number of ether oxygens (including phenoxy) is 1. The van der Waals surface area contributed by atoms with Gasteiger partial charge in [0.1, 0.15) is 11.4 Å². The third-order valence-electron chi connectivity index (χ3n) is 2.42. The van der Waals surface area contributed by atoms with E-state index < -0.39 is 4.92 Å². The summed E-state index contributed by atoms with van der Waals surface area (Å²) in [4.78, 5) is 17.8. The van der Waals surface area contributed by atoms with Gasteiger partial charge >= 0.3 is 11.6 Å². The number of nitriles is 1. The van der Waals surface area contributed by atoms with Crippen molar-refractivity contribution in [2.75, 3.05) is 5.73 Å². The number of anilines is 1. The number of nitrogens with two attached hydrogens (primary N) is 1. The number of aryl methyl sites for hydroxylation is 1. The number of nitrogens with zero attached hydrogens (tertiary/aromatic N) is 4. The van der Waals surface area contributed by atoms with Gasteiger partial charge in [-0.3, -0.25) is 10.1 Å². The summed E-state index contributed by atoms with van der Waals surface area (Å²) < 4.78 is 5.35. The molecular formula is C12H9N5O3. The molecule has 0 saturated heterocycles. The van der Waals surface area contributed by atoms with Gasteiger partial charge in [-0.05, 0) is 31.2 Å². The summed E-state index contributed by atoms with van der Waals surface area (Å²) in [5.41, 5.74) is 5.68. The lowest BCUT2D eigenvalue weighted by molar-refractivity contribution is -0.386. The highest BCUT2D eigenvalue weighted by Gasteiger charge is 2.23. The third kappa shape index (κ3) is 2.62. The Balaban J connectivity index is 2.42. The molecule has 2 aromatic rings. The fourth-order valence-corrected chi connectivity index (χ4v) is 1.55. The minimum absolute atomic E-state index is 0.114. The van der Waals surface area contributed by atoms with Gasteiger partial charge in [0.25, 0.3) is 0 Å². The van der Waals surface area contributed by atoms with E-state index in [1.165, 1.54) is 31.2 Å². The first-order valence-corrected chi connectivity index (χ1v) is 5.48. The fourth-order valence-electron chi connectivity index (χ4n) is 1.55. The summed E-state index contributed by atoms with van der Waals surface area (Å²) >= 11 is 0. The van der Waals surface area contributed by atoms with E-state index in [0.29, 0.717) is 11.3 Å². The van der Waals surface area contributed by atoms with Crippen molar-refractivity contribution in [2.24, 2.45) is 0 Å². The van der Waals surface area contributed by atoms with Gasteiger partial charge < -0.3 is 10.5 Å². The number of rotatable bonds is 3. The maximum absolute atomic E-state index is 11.0. The lowest BCUT2D eigenvalue weighted by Gasteiger charge is -2.07. The van der Waals surface area contributed by atoms with Gasteiger partial charge in [-0.2, -0.15) is 10.2 Å². The summed E-state index contributed by atoms with van der Waals surface area (Å²) in [6, 6.07) is 8.03. The monoisotopic (exact) mass is 271 g/mol. The SMILES string of the molecule is Cc1nc(N)nc(Oc2ccc(C#N)cc2)c1[N+](=O)[O-]. The molecular weight excluding hydrogens is 262 g/mol. The van der Waals surface area contributed by atoms with E-state index in [-0.39, 0.29) is 23.2 Å². The zero-order valence-electron chi connectivity index (χ0n) is 10.4. The van der Waals surface area contributed by atoms with Gasteiger partial charge in [0.15, 0.2) is 0 Å². The average molecular weight is 271 g/mol. The molecule has 100 valence electrons. The Bertz CT molecular complexity index is 706. The van der Waals surface area contributed by atoms with Crippen LogP contribution in [0.5, 0.6) is 11.6 Å². The van der Waals surface area contributed by atoms with Gasteiger partial charge in [-0.25, -0.2) is 4.98 Å². The molecule has 1 heterocycles. The molecule has 0 aliphatic heterocycles. The molecule has 0 radical (unpaired) electrons. The van der Waals surface area contributed by atoms with Crippen LogP contribution in [0, 0.1) is 28.4 Å². The summed E-state index contributed by atoms with van der Waals surface area (Å²) in [5.74, 6) is -0.0361. The molecule has 0 unspecified atom stereocenters. The second kappa shape index (κ2) is 5.19. The van der Waals surface area contributed by atoms with Crippen molar-refractivity contribution in [3.05, 3.63) is 45.6 Å². The quantitative estimate of drug-likeness (QED) is 0.667. The summed E-state index contributed by atoms with van der Waals surface area (Å²) in [6.45, 7) is 1.45. The second-order valence-corrected chi connectivity index (χ2v) is 3.82. The van der Waals surface area contributed by atoms with E-state index >= 15 is 0 Å². The van der Waals surface area contributed by atoms with Crippen LogP contribution in [0.3, 0.4) is 0 Å². The largest absolute Gasteiger partial charge is 0.434 e. The molecule has 20 heavy (non-hydrogen) atoms. The van der Waals surface area contributed by atoms with Crippen LogP contribution in [0.2, 0.25) is 0 Å². The zero-order chi connectivity index (χ0) is 14.7. The number of hydrogen-bond donors (Lipinski definition) is 1. The van der Waals surface area contributed by atoms with Crippen molar-refractivity contribution in [3.8, 4) is 17.7 Å². The second-order valence-electron chi connectivity index (χ2n) is 3.82. The van der Waals surface area contributed by atoms with Crippen molar-refractivity contribution in [3.63, 3.8) is 0 Å². The Morgan fingerprint density at radius 1 is 1.35 bits per heavy atom. The molecule has 1 aromatic carbocycles. The number of benzene rings is 1. The number of nitrogen functional groups attached to an aromatic ring is 1. The van der Waals surface area contributed by atoms with Crippen LogP contribution < -0.4 is 10.5 Å². The minimum Gasteiger partial charge on any atom is -0.434 e. The van der Waals surface area contributed by atoms with Crippen molar-refractivity contribution in [1.82, 2.24) is 9.97 Å². The number of hydrogen-bond acceptors (Lipinski definition) is 7. The molecule has 0 bridgehead atoms. The Hall–Kier alpha value is -3.21. The van der Waals surface area contributed by atoms with Crippen LogP contribution in [0.25, 0.3) is 0 Å². The predicted molar refractivity (Wildman–Crippen MR) is 69.1 cm³/mol. The van der Waals surface area contributed by atoms with E-state index in [0.717, 1.165) is 0 Å². The van der Waals surface area contributed by atoms with Crippen LogP contribution in [0.15, 0.2) is 24.3 Å². The molecule has 0 amide bonds. The Morgan fingerprint density at radius 3 is 2.55 bits per heavy atom. The summed E-state index contributed by atoms with van der Waals surface area (Å²) in [5, 5.41) is 19.7. The van der Waals surface area contributed by atoms with Gasteiger partial charge in [-0.1, -0.05) is 0 Å². The van der Waals surface area contributed by atoms with E-state index in [9.17, 15) is 10.1 Å². The average Bonchev–Trinajstić information content (AvgIpc) is 2.38. The number of nitro groups is 1. The highest BCUT2D eigenvalue weighted by Crippen LogP contribution is 2.31. The van der Waals surface area contributed by atoms with Gasteiger partial charge in [0, 0.05) is 0 Å². The van der Waals surface area contributed by atoms with Gasteiger partial charge in [0.2, 0.25) is 5.95 Å². The third-order valence-corrected chi connectivity index (χ3v) is 2.42. The molecule has 0 fully saturated rings. The van der Waals surface area contributed by atoms with E-state index in [1.54, 1.807) is 0 Å². The fraction of sp³-hybridized carbons (Fsp3) is 0.0833. The highest BCUT2D eigenvalue weighted by atomic mass is 16.6. The molecule has 8 nitrogen and oxygen atoms in total. The smallest absolute Gasteiger partial charge is 0.352 e. The summed E-state index contributed by atoms with van der Waals surface area (Å²) in [7, 11) is 0. The molecule has 1 aromatic heterocycles. The molecule has 2 rings (SSSR count). The molecule has 0 saturated carbocycles. The van der Waals surface area contributed by atoms with Gasteiger partial charge in [-0.15, -0.1) is 0 Å². The zero-order valence-corrected chi connectivity index (χ0v) is 10.4. The Morgan fingerprint density at radius 2 is 2.00 bits per heavy atom. The van der Waals surface area contributed by atoms with Gasteiger partial charge in [0.05, 0.1) is 16.6 Å². The van der Waals surface area contributed by atoms with Crippen LogP contribution >= 0.6 is 0 Å². The lowest BCUT2D eigenvalue weighted by Crippen LogP contribution is -2.04. The minimum atomic E-state index is -0.631. The van der Waals surface area contributed by atoms with E-state index in [4.69, 9.17) is 15.7 Å². The van der Waals surface area contributed by atoms with Crippen molar-refractivity contribution in [1.29, 1.82) is 5.26 Å². The van der Waals surface area contributed by atoms with Crippen LogP contribution in [0.4, 0.5) is 11.6 Å². The maximum atomic E-state index is 11.0. The molecule has 0 aliphatic rings. The van der Waals surface area contributed by atoms with E-state index in [2.05, 4.69) is 9.97 Å². The highest BCUT2D eigenvalue weighted by molar-refractivity contribution is 5.49. The molecule has 0 aliphatic carbocycles. The standard InChI is InChI=1S/C12H9N5O3/c1-7-10(17(18)19)11(16-12(14)15-7)20-9-4-2-8(6-13)3-5-9/h2-5H,1H3,(H2,14,15,16). The first kappa shape index (κ1) is 13.2. The predicted octanol–water partition coefficient (Wildman–Crippen LogP) is 1.94. The molecule has 2 N–H and O–H groups in total. The van der Waals surface area contributed by atoms with Crippen molar-refractivity contribution >= 4 is 11.6 Å². The van der Waals surface area contributed by atoms with Crippen LogP contribution in [0.1, 0.15) is 11.3 Å². The summed E-state index contributed by atoms with van der Waals surface area (Å²) in [6.07, 6.45) is 0. The van der Waals surface area contributed by atoms with Crippen molar-refractivity contribution < 1.29 is 9.66 Å². The van der Waals surface area contributed by atoms with Crippen molar-refractivity contribution in [2.45, 2.75) is 6.92 Å². The van der Waals surface area contributed by atoms with Crippen LogP contribution in [-0.4, -0.2) is 14.9 Å². The molecule has 0 atom stereocenters. The molecule has 0 spiro atoms. The lowest BCUT2D eigenvalue weighted by atomic mass is 10.2. The normalized spacial score (nSPS) is 9.80. The Labute approximate surface area is 113 Å². The number of aromatic nitrogens is 2. The Kier molecular flexibility index (Phi) is 3.43. The topological polar surface area (TPSA) is 128 Å². The van der Waals surface area contributed by atoms with E-state index in [1.807, 2.05) is 6.07 Å². The molecule has 8 heteroatoms. The first-order chi connectivity index (χ1) is 9.51. The maximum Gasteiger partial charge on any atom is 0.352 e. The first-order valence-electron chi connectivity index (χ1n) is 5.48. The van der Waals surface area contributed by atoms with Crippen LogP contribution in [-0.2, 0) is 0 Å².